The minimum Gasteiger partial charge on any atom is -0.381 e. The van der Waals surface area contributed by atoms with Gasteiger partial charge in [0.2, 0.25) is 0 Å². The predicted octanol–water partition coefficient (Wildman–Crippen LogP) is 2.49. The topological polar surface area (TPSA) is 48.1 Å². The standard InChI is InChI=1S/C12H20N2OS/c1-9(2-5-13)11-8-16-12(14-11)10-3-6-15-7-4-10/h8-10H,2-7,13H2,1H3. The summed E-state index contributed by atoms with van der Waals surface area (Å²) in [6.07, 6.45) is 3.27. The van der Waals surface area contributed by atoms with Crippen LogP contribution in [0.15, 0.2) is 5.38 Å². The molecule has 1 unspecified atom stereocenters. The Kier molecular flexibility index (Phi) is 4.32. The quantitative estimate of drug-likeness (QED) is 0.879. The van der Waals surface area contributed by atoms with Crippen LogP contribution in [-0.4, -0.2) is 24.7 Å². The van der Waals surface area contributed by atoms with Gasteiger partial charge in [-0.3, -0.25) is 0 Å². The van der Waals surface area contributed by atoms with Crippen LogP contribution in [0.4, 0.5) is 0 Å². The molecule has 0 aliphatic carbocycles. The van der Waals surface area contributed by atoms with Crippen molar-refractivity contribution < 1.29 is 4.74 Å². The summed E-state index contributed by atoms with van der Waals surface area (Å²) < 4.78 is 5.37. The lowest BCUT2D eigenvalue weighted by atomic mass is 10.0. The first-order valence-corrected chi connectivity index (χ1v) is 6.92. The minimum atomic E-state index is 0.495. The molecule has 1 fully saturated rings. The molecule has 1 aromatic heterocycles. The smallest absolute Gasteiger partial charge is 0.0961 e. The van der Waals surface area contributed by atoms with E-state index < -0.39 is 0 Å². The van der Waals surface area contributed by atoms with E-state index in [2.05, 4.69) is 12.3 Å². The van der Waals surface area contributed by atoms with Crippen LogP contribution in [0, 0.1) is 0 Å². The Morgan fingerprint density at radius 1 is 1.56 bits per heavy atom. The van der Waals surface area contributed by atoms with Gasteiger partial charge in [0.05, 0.1) is 10.7 Å². The number of rotatable bonds is 4. The number of ether oxygens (including phenoxy) is 1. The summed E-state index contributed by atoms with van der Waals surface area (Å²) in [7, 11) is 0. The van der Waals surface area contributed by atoms with Gasteiger partial charge in [-0.25, -0.2) is 4.98 Å². The maximum absolute atomic E-state index is 5.58. The van der Waals surface area contributed by atoms with Crippen molar-refractivity contribution in [1.82, 2.24) is 4.98 Å². The minimum absolute atomic E-state index is 0.495. The van der Waals surface area contributed by atoms with E-state index in [1.54, 1.807) is 11.3 Å². The molecule has 2 rings (SSSR count). The molecule has 1 saturated heterocycles. The van der Waals surface area contributed by atoms with Crippen LogP contribution in [0.25, 0.3) is 0 Å². The summed E-state index contributed by atoms with van der Waals surface area (Å²) in [6.45, 7) is 4.72. The van der Waals surface area contributed by atoms with Gasteiger partial charge >= 0.3 is 0 Å². The maximum atomic E-state index is 5.58. The lowest BCUT2D eigenvalue weighted by Crippen LogP contribution is -2.14. The summed E-state index contributed by atoms with van der Waals surface area (Å²) in [6, 6.07) is 0. The third-order valence-corrected chi connectivity index (χ3v) is 4.24. The van der Waals surface area contributed by atoms with Gasteiger partial charge in [0.15, 0.2) is 0 Å². The number of nitrogens with two attached hydrogens (primary N) is 1. The Labute approximate surface area is 101 Å². The van der Waals surface area contributed by atoms with Crippen LogP contribution in [0.1, 0.15) is 48.7 Å². The molecule has 0 aromatic carbocycles. The lowest BCUT2D eigenvalue weighted by molar-refractivity contribution is 0.0852. The Balaban J connectivity index is 2.00. The zero-order chi connectivity index (χ0) is 11.4. The molecule has 0 saturated carbocycles. The van der Waals surface area contributed by atoms with Gasteiger partial charge in [-0.15, -0.1) is 11.3 Å². The highest BCUT2D eigenvalue weighted by Crippen LogP contribution is 2.31. The van der Waals surface area contributed by atoms with Crippen molar-refractivity contribution in [2.24, 2.45) is 5.73 Å². The summed E-state index contributed by atoms with van der Waals surface area (Å²) in [5, 5.41) is 3.49. The summed E-state index contributed by atoms with van der Waals surface area (Å²) in [4.78, 5) is 4.76. The number of nitrogens with zero attached hydrogens (tertiary/aromatic N) is 1. The second-order valence-electron chi connectivity index (χ2n) is 4.48. The first-order chi connectivity index (χ1) is 7.81. The van der Waals surface area contributed by atoms with Gasteiger partial charge in [-0.05, 0) is 25.8 Å². The van der Waals surface area contributed by atoms with E-state index in [9.17, 15) is 0 Å². The molecule has 90 valence electrons. The van der Waals surface area contributed by atoms with Gasteiger partial charge in [0, 0.05) is 30.4 Å². The molecule has 1 aliphatic rings. The van der Waals surface area contributed by atoms with Crippen molar-refractivity contribution in [2.45, 2.75) is 38.0 Å². The van der Waals surface area contributed by atoms with E-state index >= 15 is 0 Å². The Hall–Kier alpha value is -0.450. The van der Waals surface area contributed by atoms with Crippen molar-refractivity contribution in [2.75, 3.05) is 19.8 Å². The Morgan fingerprint density at radius 2 is 2.31 bits per heavy atom. The third-order valence-electron chi connectivity index (χ3n) is 3.21. The second kappa shape index (κ2) is 5.75. The van der Waals surface area contributed by atoms with Crippen molar-refractivity contribution in [3.63, 3.8) is 0 Å². The molecule has 1 aliphatic heterocycles. The summed E-state index contributed by atoms with van der Waals surface area (Å²) >= 11 is 1.80. The molecule has 0 spiro atoms. The van der Waals surface area contributed by atoms with Crippen LogP contribution < -0.4 is 5.73 Å². The SMILES string of the molecule is CC(CCN)c1csc(C2CCOCC2)n1. The van der Waals surface area contributed by atoms with Crippen LogP contribution in [0.3, 0.4) is 0 Å². The largest absolute Gasteiger partial charge is 0.381 e. The van der Waals surface area contributed by atoms with Crippen LogP contribution >= 0.6 is 11.3 Å². The van der Waals surface area contributed by atoms with Crippen LogP contribution in [-0.2, 0) is 4.74 Å². The van der Waals surface area contributed by atoms with Gasteiger partial charge in [-0.1, -0.05) is 6.92 Å². The molecular formula is C12H20N2OS. The van der Waals surface area contributed by atoms with Crippen molar-refractivity contribution in [1.29, 1.82) is 0 Å². The fourth-order valence-corrected chi connectivity index (χ4v) is 3.17. The third kappa shape index (κ3) is 2.81. The molecule has 4 heteroatoms. The fraction of sp³-hybridized carbons (Fsp3) is 0.750. The summed E-state index contributed by atoms with van der Waals surface area (Å²) in [5.41, 5.74) is 6.79. The van der Waals surface area contributed by atoms with E-state index in [4.69, 9.17) is 15.5 Å². The Morgan fingerprint density at radius 3 is 3.00 bits per heavy atom. The van der Waals surface area contributed by atoms with Gasteiger partial charge in [0.1, 0.15) is 0 Å². The highest BCUT2D eigenvalue weighted by molar-refractivity contribution is 7.09. The molecule has 3 nitrogen and oxygen atoms in total. The number of aromatic nitrogens is 1. The molecule has 2 heterocycles. The Bertz CT molecular complexity index is 321. The molecule has 1 aromatic rings. The van der Waals surface area contributed by atoms with Gasteiger partial charge in [0.25, 0.3) is 0 Å². The van der Waals surface area contributed by atoms with E-state index in [1.165, 1.54) is 10.7 Å². The molecule has 16 heavy (non-hydrogen) atoms. The molecule has 2 N–H and O–H groups in total. The monoisotopic (exact) mass is 240 g/mol. The molecule has 0 amide bonds. The van der Waals surface area contributed by atoms with Crippen molar-refractivity contribution >= 4 is 11.3 Å². The number of thiazole rings is 1. The normalized spacial score (nSPS) is 19.9. The van der Waals surface area contributed by atoms with E-state index in [-0.39, 0.29) is 0 Å². The molecular weight excluding hydrogens is 220 g/mol. The van der Waals surface area contributed by atoms with Crippen LogP contribution in [0.2, 0.25) is 0 Å². The summed E-state index contributed by atoms with van der Waals surface area (Å²) in [5.74, 6) is 1.12. The van der Waals surface area contributed by atoms with Gasteiger partial charge < -0.3 is 10.5 Å². The average molecular weight is 240 g/mol. The number of hydrogen-bond donors (Lipinski definition) is 1. The second-order valence-corrected chi connectivity index (χ2v) is 5.37. The highest BCUT2D eigenvalue weighted by Gasteiger charge is 2.20. The van der Waals surface area contributed by atoms with Crippen molar-refractivity contribution in [3.05, 3.63) is 16.1 Å². The van der Waals surface area contributed by atoms with E-state index in [0.717, 1.165) is 39.0 Å². The molecule has 0 radical (unpaired) electrons. The first-order valence-electron chi connectivity index (χ1n) is 6.04. The zero-order valence-electron chi connectivity index (χ0n) is 9.82. The fourth-order valence-electron chi connectivity index (χ4n) is 2.06. The molecule has 1 atom stereocenters. The zero-order valence-corrected chi connectivity index (χ0v) is 10.6. The lowest BCUT2D eigenvalue weighted by Gasteiger charge is -2.19. The first kappa shape index (κ1) is 12.0. The van der Waals surface area contributed by atoms with E-state index in [1.807, 2.05) is 0 Å². The van der Waals surface area contributed by atoms with Crippen LogP contribution in [0.5, 0.6) is 0 Å². The predicted molar refractivity (Wildman–Crippen MR) is 67.0 cm³/mol. The van der Waals surface area contributed by atoms with Crippen molar-refractivity contribution in [3.8, 4) is 0 Å². The number of hydrogen-bond acceptors (Lipinski definition) is 4. The van der Waals surface area contributed by atoms with E-state index in [0.29, 0.717) is 11.8 Å². The average Bonchev–Trinajstić information content (AvgIpc) is 2.80. The van der Waals surface area contributed by atoms with Gasteiger partial charge in [-0.2, -0.15) is 0 Å². The highest BCUT2D eigenvalue weighted by atomic mass is 32.1. The molecule has 0 bridgehead atoms. The maximum Gasteiger partial charge on any atom is 0.0961 e.